The van der Waals surface area contributed by atoms with Crippen LogP contribution in [0, 0.1) is 11.6 Å². The molecule has 4 heteroatoms. The topological polar surface area (TPSA) is 26.3 Å². The number of halogens is 2. The fourth-order valence-electron chi connectivity index (χ4n) is 1.46. The molecule has 0 aliphatic rings. The predicted molar refractivity (Wildman–Crippen MR) is 61.0 cm³/mol. The van der Waals surface area contributed by atoms with Crippen LogP contribution in [0.15, 0.2) is 18.2 Å². The second kappa shape index (κ2) is 6.45. The molecule has 0 N–H and O–H groups in total. The molecule has 17 heavy (non-hydrogen) atoms. The Morgan fingerprint density at radius 3 is 2.65 bits per heavy atom. The molecule has 1 rings (SSSR count). The molecule has 0 saturated carbocycles. The molecule has 94 valence electrons. The normalized spacial score (nSPS) is 12.5. The van der Waals surface area contributed by atoms with Crippen molar-refractivity contribution in [2.24, 2.45) is 0 Å². The molecule has 0 aromatic heterocycles. The smallest absolute Gasteiger partial charge is 0.188 e. The van der Waals surface area contributed by atoms with E-state index in [0.29, 0.717) is 0 Å². The van der Waals surface area contributed by atoms with E-state index in [0.717, 1.165) is 25.0 Å². The van der Waals surface area contributed by atoms with Gasteiger partial charge in [0.25, 0.3) is 0 Å². The molecule has 0 aliphatic carbocycles. The number of ether oxygens (including phenoxy) is 1. The van der Waals surface area contributed by atoms with E-state index >= 15 is 0 Å². The van der Waals surface area contributed by atoms with Gasteiger partial charge in [-0.25, -0.2) is 8.78 Å². The fraction of sp³-hybridized carbons (Fsp3) is 0.462. The third-order valence-electron chi connectivity index (χ3n) is 2.44. The van der Waals surface area contributed by atoms with Crippen LogP contribution < -0.4 is 0 Å². The minimum atomic E-state index is -1.02. The van der Waals surface area contributed by atoms with Crippen LogP contribution in [-0.4, -0.2) is 18.5 Å². The van der Waals surface area contributed by atoms with Crippen LogP contribution in [-0.2, 0) is 4.74 Å². The molecule has 1 unspecified atom stereocenters. The second-order valence-corrected chi connectivity index (χ2v) is 3.96. The number of ketones is 1. The summed E-state index contributed by atoms with van der Waals surface area (Å²) in [6.07, 6.45) is 1.83. The zero-order valence-corrected chi connectivity index (χ0v) is 10.0. The molecular weight excluding hydrogens is 226 g/mol. The number of benzene rings is 1. The highest BCUT2D eigenvalue weighted by molar-refractivity contribution is 5.97. The van der Waals surface area contributed by atoms with E-state index in [9.17, 15) is 13.6 Å². The molecule has 0 amide bonds. The summed E-state index contributed by atoms with van der Waals surface area (Å²) in [6.45, 7) is 3.80. The van der Waals surface area contributed by atoms with Crippen molar-refractivity contribution < 1.29 is 18.3 Å². The molecule has 0 bridgehead atoms. The summed E-state index contributed by atoms with van der Waals surface area (Å²) < 4.78 is 30.9. The maximum Gasteiger partial charge on any atom is 0.188 e. The van der Waals surface area contributed by atoms with E-state index in [2.05, 4.69) is 0 Å². The van der Waals surface area contributed by atoms with E-state index < -0.39 is 11.6 Å². The van der Waals surface area contributed by atoms with E-state index in [4.69, 9.17) is 4.74 Å². The molecule has 0 saturated heterocycles. The van der Waals surface area contributed by atoms with Crippen molar-refractivity contribution in [2.75, 3.05) is 6.61 Å². The van der Waals surface area contributed by atoms with Crippen molar-refractivity contribution in [1.29, 1.82) is 0 Å². The average Bonchev–Trinajstić information content (AvgIpc) is 2.30. The highest BCUT2D eigenvalue weighted by atomic mass is 19.2. The number of hydrogen-bond acceptors (Lipinski definition) is 2. The third kappa shape index (κ3) is 4.23. The van der Waals surface area contributed by atoms with Crippen LogP contribution in [0.2, 0.25) is 0 Å². The van der Waals surface area contributed by atoms with Crippen molar-refractivity contribution >= 4 is 5.78 Å². The van der Waals surface area contributed by atoms with Gasteiger partial charge in [0.1, 0.15) is 6.61 Å². The van der Waals surface area contributed by atoms with E-state index in [-0.39, 0.29) is 24.1 Å². The minimum Gasteiger partial charge on any atom is -0.370 e. The first kappa shape index (κ1) is 13.8. The summed E-state index contributed by atoms with van der Waals surface area (Å²) in [5.41, 5.74) is 0.132. The fourth-order valence-corrected chi connectivity index (χ4v) is 1.46. The molecule has 1 atom stereocenters. The Morgan fingerprint density at radius 1 is 1.35 bits per heavy atom. The predicted octanol–water partition coefficient (Wildman–Crippen LogP) is 3.35. The summed E-state index contributed by atoms with van der Waals surface area (Å²) in [7, 11) is 0. The third-order valence-corrected chi connectivity index (χ3v) is 2.44. The molecular formula is C13H16F2O2. The maximum absolute atomic E-state index is 12.9. The van der Waals surface area contributed by atoms with Crippen LogP contribution in [0.5, 0.6) is 0 Å². The first-order valence-corrected chi connectivity index (χ1v) is 5.64. The van der Waals surface area contributed by atoms with Gasteiger partial charge in [-0.2, -0.15) is 0 Å². The Hall–Kier alpha value is -1.29. The van der Waals surface area contributed by atoms with Crippen LogP contribution in [0.25, 0.3) is 0 Å². The number of carbonyl (C=O) groups is 1. The molecule has 0 spiro atoms. The number of Topliss-reactive ketones (excluding diaryl/α,β-unsaturated/α-hetero) is 1. The SMILES string of the molecule is CCCC(C)OCC(=O)c1ccc(F)c(F)c1. The lowest BCUT2D eigenvalue weighted by Gasteiger charge is -2.11. The zero-order chi connectivity index (χ0) is 12.8. The van der Waals surface area contributed by atoms with Gasteiger partial charge in [-0.05, 0) is 31.5 Å². The minimum absolute atomic E-state index is 0.00533. The Kier molecular flexibility index (Phi) is 5.22. The highest BCUT2D eigenvalue weighted by Crippen LogP contribution is 2.10. The van der Waals surface area contributed by atoms with Crippen LogP contribution in [0.3, 0.4) is 0 Å². The zero-order valence-electron chi connectivity index (χ0n) is 10.0. The Labute approximate surface area is 99.6 Å². The standard InChI is InChI=1S/C13H16F2O2/c1-3-4-9(2)17-8-13(16)10-5-6-11(14)12(15)7-10/h5-7,9H,3-4,8H2,1-2H3. The number of rotatable bonds is 6. The summed E-state index contributed by atoms with van der Waals surface area (Å²) >= 11 is 0. The van der Waals surface area contributed by atoms with Crippen LogP contribution in [0.1, 0.15) is 37.0 Å². The molecule has 0 radical (unpaired) electrons. The van der Waals surface area contributed by atoms with Gasteiger partial charge >= 0.3 is 0 Å². The van der Waals surface area contributed by atoms with E-state index in [1.54, 1.807) is 0 Å². The molecule has 0 fully saturated rings. The Balaban J connectivity index is 2.55. The molecule has 0 aliphatic heterocycles. The summed E-state index contributed by atoms with van der Waals surface area (Å²) in [5, 5.41) is 0. The quantitative estimate of drug-likeness (QED) is 0.715. The van der Waals surface area contributed by atoms with Gasteiger partial charge in [-0.15, -0.1) is 0 Å². The summed E-state index contributed by atoms with van der Waals surface area (Å²) in [5.74, 6) is -2.31. The van der Waals surface area contributed by atoms with Crippen molar-refractivity contribution in [3.63, 3.8) is 0 Å². The molecule has 1 aromatic carbocycles. The summed E-state index contributed by atoms with van der Waals surface area (Å²) in [6, 6.07) is 3.10. The molecule has 1 aromatic rings. The van der Waals surface area contributed by atoms with Gasteiger partial charge in [-0.1, -0.05) is 13.3 Å². The number of carbonyl (C=O) groups excluding carboxylic acids is 1. The van der Waals surface area contributed by atoms with E-state index in [1.807, 2.05) is 13.8 Å². The monoisotopic (exact) mass is 242 g/mol. The maximum atomic E-state index is 12.9. The first-order chi connectivity index (χ1) is 8.04. The van der Waals surface area contributed by atoms with Crippen molar-refractivity contribution in [1.82, 2.24) is 0 Å². The lowest BCUT2D eigenvalue weighted by Crippen LogP contribution is -2.16. The van der Waals surface area contributed by atoms with Gasteiger partial charge in [0, 0.05) is 5.56 Å². The molecule has 0 heterocycles. The van der Waals surface area contributed by atoms with Gasteiger partial charge in [0.2, 0.25) is 0 Å². The first-order valence-electron chi connectivity index (χ1n) is 5.64. The number of hydrogen-bond donors (Lipinski definition) is 0. The van der Waals surface area contributed by atoms with E-state index in [1.165, 1.54) is 6.07 Å². The van der Waals surface area contributed by atoms with Gasteiger partial charge < -0.3 is 4.74 Å². The summed E-state index contributed by atoms with van der Waals surface area (Å²) in [4.78, 5) is 11.6. The van der Waals surface area contributed by atoms with Crippen LogP contribution in [0.4, 0.5) is 8.78 Å². The van der Waals surface area contributed by atoms with Gasteiger partial charge in [0.15, 0.2) is 17.4 Å². The van der Waals surface area contributed by atoms with Gasteiger partial charge in [0.05, 0.1) is 6.10 Å². The lowest BCUT2D eigenvalue weighted by atomic mass is 10.1. The highest BCUT2D eigenvalue weighted by Gasteiger charge is 2.11. The Morgan fingerprint density at radius 2 is 2.06 bits per heavy atom. The second-order valence-electron chi connectivity index (χ2n) is 3.96. The van der Waals surface area contributed by atoms with Crippen LogP contribution >= 0.6 is 0 Å². The lowest BCUT2D eigenvalue weighted by molar-refractivity contribution is 0.0490. The van der Waals surface area contributed by atoms with Gasteiger partial charge in [-0.3, -0.25) is 4.79 Å². The van der Waals surface area contributed by atoms with Crippen molar-refractivity contribution in [2.45, 2.75) is 32.8 Å². The average molecular weight is 242 g/mol. The Bertz CT molecular complexity index is 391. The largest absolute Gasteiger partial charge is 0.370 e. The van der Waals surface area contributed by atoms with Crippen molar-refractivity contribution in [3.8, 4) is 0 Å². The van der Waals surface area contributed by atoms with Crippen molar-refractivity contribution in [3.05, 3.63) is 35.4 Å². The molecule has 2 nitrogen and oxygen atoms in total.